The summed E-state index contributed by atoms with van der Waals surface area (Å²) in [5.74, 6) is -0.520. The second-order valence-electron chi connectivity index (χ2n) is 7.53. The fourth-order valence-electron chi connectivity index (χ4n) is 3.98. The van der Waals surface area contributed by atoms with Crippen molar-refractivity contribution in [2.75, 3.05) is 18.4 Å². The number of nitrogens with one attached hydrogen (secondary N) is 1. The molecule has 1 aliphatic heterocycles. The average Bonchev–Trinajstić information content (AvgIpc) is 2.79. The SMILES string of the molecule is CCc1ccccc1NC(=O)[C@H]1CCCN(S(=O)(=O)c2cccc3cccnc23)C1. The minimum atomic E-state index is -3.75. The van der Waals surface area contributed by atoms with Crippen molar-refractivity contribution >= 4 is 32.5 Å². The normalized spacial score (nSPS) is 17.7. The number of aromatic nitrogens is 1. The Balaban J connectivity index is 1.56. The summed E-state index contributed by atoms with van der Waals surface area (Å²) >= 11 is 0. The number of carbonyl (C=O) groups is 1. The minimum absolute atomic E-state index is 0.133. The van der Waals surface area contributed by atoms with E-state index >= 15 is 0 Å². The first kappa shape index (κ1) is 20.5. The van der Waals surface area contributed by atoms with Crippen LogP contribution in [0.3, 0.4) is 0 Å². The van der Waals surface area contributed by atoms with Crippen molar-refractivity contribution in [3.8, 4) is 0 Å². The van der Waals surface area contributed by atoms with Crippen LogP contribution in [-0.4, -0.2) is 36.7 Å². The molecule has 0 saturated carbocycles. The quantitative estimate of drug-likeness (QED) is 0.676. The molecule has 0 aliphatic carbocycles. The highest BCUT2D eigenvalue weighted by Crippen LogP contribution is 2.28. The van der Waals surface area contributed by atoms with Gasteiger partial charge in [0.15, 0.2) is 0 Å². The molecular formula is C23H25N3O3S. The Morgan fingerprint density at radius 3 is 2.77 bits per heavy atom. The first-order valence-electron chi connectivity index (χ1n) is 10.2. The number of sulfonamides is 1. The predicted octanol–water partition coefficient (Wildman–Crippen LogP) is 3.84. The van der Waals surface area contributed by atoms with Gasteiger partial charge in [-0.3, -0.25) is 9.78 Å². The van der Waals surface area contributed by atoms with Gasteiger partial charge in [0.1, 0.15) is 4.90 Å². The van der Waals surface area contributed by atoms with Crippen LogP contribution in [0.4, 0.5) is 5.69 Å². The van der Waals surface area contributed by atoms with Crippen LogP contribution < -0.4 is 5.32 Å². The van der Waals surface area contributed by atoms with Crippen molar-refractivity contribution in [1.82, 2.24) is 9.29 Å². The van der Waals surface area contributed by atoms with Crippen LogP contribution in [0.5, 0.6) is 0 Å². The molecule has 0 bridgehead atoms. The summed E-state index contributed by atoms with van der Waals surface area (Å²) in [5.41, 5.74) is 2.32. The van der Waals surface area contributed by atoms with Gasteiger partial charge in [0.05, 0.1) is 11.4 Å². The number of pyridine rings is 1. The Morgan fingerprint density at radius 1 is 1.13 bits per heavy atom. The van der Waals surface area contributed by atoms with Crippen molar-refractivity contribution in [1.29, 1.82) is 0 Å². The van der Waals surface area contributed by atoms with Gasteiger partial charge >= 0.3 is 0 Å². The Labute approximate surface area is 177 Å². The number of amides is 1. The minimum Gasteiger partial charge on any atom is -0.326 e. The van der Waals surface area contributed by atoms with E-state index in [4.69, 9.17) is 0 Å². The first-order chi connectivity index (χ1) is 14.5. The van der Waals surface area contributed by atoms with E-state index in [1.807, 2.05) is 43.3 Å². The van der Waals surface area contributed by atoms with Gasteiger partial charge < -0.3 is 5.32 Å². The molecule has 3 aromatic rings. The molecule has 1 fully saturated rings. The van der Waals surface area contributed by atoms with Crippen LogP contribution in [0.25, 0.3) is 10.9 Å². The number of aryl methyl sites for hydroxylation is 1. The van der Waals surface area contributed by atoms with Gasteiger partial charge in [0.25, 0.3) is 0 Å². The van der Waals surface area contributed by atoms with Gasteiger partial charge in [0, 0.05) is 30.4 Å². The maximum atomic E-state index is 13.4. The molecule has 1 atom stereocenters. The summed E-state index contributed by atoms with van der Waals surface area (Å²) < 4.78 is 28.2. The number of rotatable bonds is 5. The second kappa shape index (κ2) is 8.53. The number of benzene rings is 2. The van der Waals surface area contributed by atoms with Crippen LogP contribution in [0.1, 0.15) is 25.3 Å². The Bertz CT molecular complexity index is 1170. The molecule has 0 radical (unpaired) electrons. The van der Waals surface area contributed by atoms with Crippen molar-refractivity contribution < 1.29 is 13.2 Å². The van der Waals surface area contributed by atoms with E-state index < -0.39 is 10.0 Å². The summed E-state index contributed by atoms with van der Waals surface area (Å²) in [7, 11) is -3.75. The number of anilines is 1. The molecule has 6 nitrogen and oxygen atoms in total. The largest absolute Gasteiger partial charge is 0.326 e. The molecule has 2 aromatic carbocycles. The third-order valence-electron chi connectivity index (χ3n) is 5.62. The molecule has 30 heavy (non-hydrogen) atoms. The summed E-state index contributed by atoms with van der Waals surface area (Å²) in [5, 5.41) is 3.78. The highest BCUT2D eigenvalue weighted by molar-refractivity contribution is 7.89. The zero-order chi connectivity index (χ0) is 21.1. The summed E-state index contributed by atoms with van der Waals surface area (Å²) in [6, 6.07) is 16.5. The van der Waals surface area contributed by atoms with Crippen molar-refractivity contribution in [2.24, 2.45) is 5.92 Å². The van der Waals surface area contributed by atoms with Gasteiger partial charge in [-0.05, 0) is 43.0 Å². The Kier molecular flexibility index (Phi) is 5.83. The van der Waals surface area contributed by atoms with E-state index in [1.54, 1.807) is 24.4 Å². The lowest BCUT2D eigenvalue weighted by Gasteiger charge is -2.31. The molecule has 1 amide bonds. The van der Waals surface area contributed by atoms with Crippen molar-refractivity contribution in [2.45, 2.75) is 31.1 Å². The van der Waals surface area contributed by atoms with Crippen molar-refractivity contribution in [3.05, 3.63) is 66.4 Å². The van der Waals surface area contributed by atoms with Crippen LogP contribution in [-0.2, 0) is 21.2 Å². The Hall–Kier alpha value is -2.77. The average molecular weight is 424 g/mol. The number of carbonyl (C=O) groups excluding carboxylic acids is 1. The lowest BCUT2D eigenvalue weighted by molar-refractivity contribution is -0.120. The van der Waals surface area contributed by atoms with E-state index in [0.29, 0.717) is 24.9 Å². The third kappa shape index (κ3) is 3.95. The molecule has 2 heterocycles. The first-order valence-corrected chi connectivity index (χ1v) is 11.7. The zero-order valence-corrected chi connectivity index (χ0v) is 17.7. The Morgan fingerprint density at radius 2 is 1.93 bits per heavy atom. The fraction of sp³-hybridized carbons (Fsp3) is 0.304. The standard InChI is InChI=1S/C23H25N3O3S/c1-2-17-8-3-4-12-20(17)25-23(27)19-11-7-15-26(16-19)30(28,29)21-13-5-9-18-10-6-14-24-22(18)21/h3-6,8-10,12-14,19H,2,7,11,15-16H2,1H3,(H,25,27)/t19-/m0/s1. The summed E-state index contributed by atoms with van der Waals surface area (Å²) in [4.78, 5) is 17.4. The van der Waals surface area contributed by atoms with Crippen LogP contribution >= 0.6 is 0 Å². The summed E-state index contributed by atoms with van der Waals surface area (Å²) in [6.45, 7) is 2.62. The number of hydrogen-bond donors (Lipinski definition) is 1. The van der Waals surface area contributed by atoms with Crippen LogP contribution in [0.2, 0.25) is 0 Å². The molecule has 1 aromatic heterocycles. The van der Waals surface area contributed by atoms with E-state index in [0.717, 1.165) is 23.1 Å². The fourth-order valence-corrected chi connectivity index (χ4v) is 5.67. The van der Waals surface area contributed by atoms with Crippen LogP contribution in [0.15, 0.2) is 65.7 Å². The molecule has 7 heteroatoms. The molecule has 4 rings (SSSR count). The maximum absolute atomic E-state index is 13.4. The highest BCUT2D eigenvalue weighted by Gasteiger charge is 2.34. The van der Waals surface area contributed by atoms with E-state index in [1.165, 1.54) is 4.31 Å². The highest BCUT2D eigenvalue weighted by atomic mass is 32.2. The lowest BCUT2D eigenvalue weighted by Crippen LogP contribution is -2.43. The smallest absolute Gasteiger partial charge is 0.245 e. The van der Waals surface area contributed by atoms with E-state index in [9.17, 15) is 13.2 Å². The number of hydrogen-bond acceptors (Lipinski definition) is 4. The monoisotopic (exact) mass is 423 g/mol. The summed E-state index contributed by atoms with van der Waals surface area (Å²) in [6.07, 6.45) is 3.72. The van der Waals surface area contributed by atoms with Crippen LogP contribution in [0, 0.1) is 5.92 Å². The van der Waals surface area contributed by atoms with Gasteiger partial charge in [-0.1, -0.05) is 43.3 Å². The molecule has 0 spiro atoms. The number of piperidine rings is 1. The lowest BCUT2D eigenvalue weighted by atomic mass is 9.98. The number of nitrogens with zero attached hydrogens (tertiary/aromatic N) is 2. The molecular weight excluding hydrogens is 398 g/mol. The van der Waals surface area contributed by atoms with E-state index in [-0.39, 0.29) is 23.3 Å². The molecule has 0 unspecified atom stereocenters. The molecule has 1 aliphatic rings. The van der Waals surface area contributed by atoms with E-state index in [2.05, 4.69) is 10.3 Å². The molecule has 156 valence electrons. The number of fused-ring (bicyclic) bond motifs is 1. The van der Waals surface area contributed by atoms with Crippen molar-refractivity contribution in [3.63, 3.8) is 0 Å². The van der Waals surface area contributed by atoms with Gasteiger partial charge in [-0.15, -0.1) is 0 Å². The molecule has 1 N–H and O–H groups in total. The number of para-hydroxylation sites is 2. The second-order valence-corrected chi connectivity index (χ2v) is 9.44. The van der Waals surface area contributed by atoms with Gasteiger partial charge in [-0.25, -0.2) is 8.42 Å². The third-order valence-corrected chi connectivity index (χ3v) is 7.52. The van der Waals surface area contributed by atoms with Gasteiger partial charge in [0.2, 0.25) is 15.9 Å². The van der Waals surface area contributed by atoms with Gasteiger partial charge in [-0.2, -0.15) is 4.31 Å². The molecule has 1 saturated heterocycles. The zero-order valence-electron chi connectivity index (χ0n) is 16.9. The maximum Gasteiger partial charge on any atom is 0.245 e. The predicted molar refractivity (Wildman–Crippen MR) is 118 cm³/mol. The topological polar surface area (TPSA) is 79.4 Å².